The topological polar surface area (TPSA) is 18.5 Å². The fraction of sp³-hybridized carbons (Fsp3) is 0.625. The summed E-state index contributed by atoms with van der Waals surface area (Å²) in [7, 11) is 0. The monoisotopic (exact) mass is 244 g/mol. The normalized spacial score (nSPS) is 43.6. The number of ether oxygens (including phenoxy) is 2. The molecule has 0 unspecified atom stereocenters. The first kappa shape index (κ1) is 11.0. The van der Waals surface area contributed by atoms with Gasteiger partial charge in [0.2, 0.25) is 0 Å². The zero-order valence-electron chi connectivity index (χ0n) is 11.3. The average Bonchev–Trinajstić information content (AvgIpc) is 2.71. The summed E-state index contributed by atoms with van der Waals surface area (Å²) < 4.78 is 12.8. The van der Waals surface area contributed by atoms with Crippen LogP contribution < -0.4 is 0 Å². The molecule has 18 heavy (non-hydrogen) atoms. The molecule has 0 saturated carbocycles. The maximum atomic E-state index is 6.52. The molecule has 3 atom stereocenters. The number of fused-ring (bicyclic) bond motifs is 2. The Morgan fingerprint density at radius 1 is 1.11 bits per heavy atom. The van der Waals surface area contributed by atoms with Crippen molar-refractivity contribution in [3.63, 3.8) is 0 Å². The Morgan fingerprint density at radius 3 is 2.72 bits per heavy atom. The first-order valence-electron chi connectivity index (χ1n) is 6.96. The van der Waals surface area contributed by atoms with E-state index < -0.39 is 5.79 Å². The van der Waals surface area contributed by atoms with Crippen molar-refractivity contribution >= 4 is 0 Å². The van der Waals surface area contributed by atoms with Crippen molar-refractivity contribution < 1.29 is 9.47 Å². The van der Waals surface area contributed by atoms with Crippen molar-refractivity contribution in [2.24, 2.45) is 5.92 Å². The van der Waals surface area contributed by atoms with Gasteiger partial charge in [-0.3, -0.25) is 0 Å². The maximum absolute atomic E-state index is 6.52. The van der Waals surface area contributed by atoms with E-state index in [9.17, 15) is 0 Å². The summed E-state index contributed by atoms with van der Waals surface area (Å²) in [4.78, 5) is 0. The lowest BCUT2D eigenvalue weighted by Crippen LogP contribution is -2.49. The zero-order chi connectivity index (χ0) is 12.6. The molecule has 0 aromatic heterocycles. The Bertz CT molecular complexity index is 522. The van der Waals surface area contributed by atoms with Crippen LogP contribution in [0.1, 0.15) is 44.7 Å². The molecule has 1 aromatic rings. The molecule has 1 spiro atoms. The van der Waals surface area contributed by atoms with Crippen LogP contribution in [0.25, 0.3) is 0 Å². The van der Waals surface area contributed by atoms with Crippen LogP contribution in [0.5, 0.6) is 0 Å². The van der Waals surface area contributed by atoms with E-state index >= 15 is 0 Å². The highest BCUT2D eigenvalue weighted by atomic mass is 16.8. The smallest absolute Gasteiger partial charge is 0.167 e. The molecule has 1 aromatic carbocycles. The molecule has 0 radical (unpaired) electrons. The van der Waals surface area contributed by atoms with E-state index in [1.807, 2.05) is 0 Å². The summed E-state index contributed by atoms with van der Waals surface area (Å²) in [5.74, 6) is 0.178. The van der Waals surface area contributed by atoms with Crippen molar-refractivity contribution in [3.05, 3.63) is 35.4 Å². The molecule has 4 rings (SSSR count). The molecule has 96 valence electrons. The molecule has 2 heteroatoms. The third-order valence-corrected chi connectivity index (χ3v) is 5.15. The van der Waals surface area contributed by atoms with E-state index in [-0.39, 0.29) is 11.2 Å². The molecule has 1 aliphatic carbocycles. The Morgan fingerprint density at radius 2 is 1.89 bits per heavy atom. The van der Waals surface area contributed by atoms with E-state index in [1.165, 1.54) is 17.5 Å². The molecular formula is C16H20O2. The molecule has 2 aliphatic heterocycles. The highest BCUT2D eigenvalue weighted by Gasteiger charge is 2.69. The molecule has 2 nitrogen and oxygen atoms in total. The Hall–Kier alpha value is -0.860. The highest BCUT2D eigenvalue weighted by Crippen LogP contribution is 2.64. The van der Waals surface area contributed by atoms with Crippen LogP contribution in [0.3, 0.4) is 0 Å². The SMILES string of the molecule is CC1(C)O[C@]2(C)CC[C@H]3Cc4ccccc4[C@@]31O2. The van der Waals surface area contributed by atoms with Gasteiger partial charge in [-0.25, -0.2) is 0 Å². The molecule has 2 bridgehead atoms. The minimum absolute atomic E-state index is 0.226. The number of hydrogen-bond donors (Lipinski definition) is 0. The second kappa shape index (κ2) is 3.00. The highest BCUT2D eigenvalue weighted by molar-refractivity contribution is 5.43. The van der Waals surface area contributed by atoms with Gasteiger partial charge in [-0.1, -0.05) is 24.3 Å². The van der Waals surface area contributed by atoms with Crippen LogP contribution in [0.15, 0.2) is 24.3 Å². The van der Waals surface area contributed by atoms with Gasteiger partial charge in [-0.2, -0.15) is 0 Å². The van der Waals surface area contributed by atoms with Gasteiger partial charge in [0.1, 0.15) is 5.60 Å². The van der Waals surface area contributed by atoms with E-state index in [0.717, 1.165) is 12.8 Å². The van der Waals surface area contributed by atoms with E-state index in [4.69, 9.17) is 9.47 Å². The molecule has 0 N–H and O–H groups in total. The minimum atomic E-state index is -0.391. The van der Waals surface area contributed by atoms with Gasteiger partial charge in [0, 0.05) is 6.42 Å². The zero-order valence-corrected chi connectivity index (χ0v) is 11.3. The van der Waals surface area contributed by atoms with Gasteiger partial charge in [0.25, 0.3) is 0 Å². The van der Waals surface area contributed by atoms with Crippen molar-refractivity contribution in [3.8, 4) is 0 Å². The molecule has 2 saturated heterocycles. The van der Waals surface area contributed by atoms with Crippen LogP contribution in [-0.4, -0.2) is 11.4 Å². The van der Waals surface area contributed by atoms with Crippen LogP contribution in [0.2, 0.25) is 0 Å². The lowest BCUT2D eigenvalue weighted by Gasteiger charge is -2.42. The summed E-state index contributed by atoms with van der Waals surface area (Å²) in [5, 5.41) is 0. The standard InChI is InChI=1S/C16H20O2/c1-14(2)16-12(8-9-15(3,17-14)18-16)10-11-6-4-5-7-13(11)16/h4-7,12H,8-10H2,1-3H3/t12-,15-,16-/m0/s1. The molecule has 3 aliphatic rings. The summed E-state index contributed by atoms with van der Waals surface area (Å²) in [6.07, 6.45) is 3.35. The van der Waals surface area contributed by atoms with Gasteiger partial charge < -0.3 is 9.47 Å². The summed E-state index contributed by atoms with van der Waals surface area (Å²) in [5.41, 5.74) is 2.35. The summed E-state index contributed by atoms with van der Waals surface area (Å²) >= 11 is 0. The fourth-order valence-corrected chi connectivity index (χ4v) is 4.59. The number of rotatable bonds is 0. The average molecular weight is 244 g/mol. The lowest BCUT2D eigenvalue weighted by atomic mass is 9.72. The minimum Gasteiger partial charge on any atom is -0.341 e. The van der Waals surface area contributed by atoms with Gasteiger partial charge in [-0.15, -0.1) is 0 Å². The van der Waals surface area contributed by atoms with Crippen LogP contribution >= 0.6 is 0 Å². The van der Waals surface area contributed by atoms with Crippen LogP contribution in [0, 0.1) is 5.92 Å². The van der Waals surface area contributed by atoms with Gasteiger partial charge in [-0.05, 0) is 50.7 Å². The first-order chi connectivity index (χ1) is 8.47. The first-order valence-corrected chi connectivity index (χ1v) is 6.96. The third kappa shape index (κ3) is 1.07. The molecule has 2 heterocycles. The number of benzene rings is 1. The predicted molar refractivity (Wildman–Crippen MR) is 69.2 cm³/mol. The van der Waals surface area contributed by atoms with Gasteiger partial charge >= 0.3 is 0 Å². The van der Waals surface area contributed by atoms with E-state index in [0.29, 0.717) is 5.92 Å². The summed E-state index contributed by atoms with van der Waals surface area (Å²) in [6.45, 7) is 6.48. The largest absolute Gasteiger partial charge is 0.341 e. The molecule has 2 fully saturated rings. The van der Waals surface area contributed by atoms with Crippen LogP contribution in [-0.2, 0) is 21.5 Å². The van der Waals surface area contributed by atoms with E-state index in [2.05, 4.69) is 45.0 Å². The Kier molecular flexibility index (Phi) is 1.83. The van der Waals surface area contributed by atoms with Crippen LogP contribution in [0.4, 0.5) is 0 Å². The van der Waals surface area contributed by atoms with Crippen molar-refractivity contribution in [1.29, 1.82) is 0 Å². The second-order valence-corrected chi connectivity index (χ2v) is 6.68. The van der Waals surface area contributed by atoms with Gasteiger partial charge in [0.15, 0.2) is 5.79 Å². The van der Waals surface area contributed by atoms with Crippen molar-refractivity contribution in [1.82, 2.24) is 0 Å². The fourth-order valence-electron chi connectivity index (χ4n) is 4.59. The summed E-state index contributed by atoms with van der Waals surface area (Å²) in [6, 6.07) is 8.74. The van der Waals surface area contributed by atoms with Crippen molar-refractivity contribution in [2.75, 3.05) is 0 Å². The second-order valence-electron chi connectivity index (χ2n) is 6.68. The lowest BCUT2D eigenvalue weighted by molar-refractivity contribution is -0.216. The van der Waals surface area contributed by atoms with E-state index in [1.54, 1.807) is 0 Å². The molecule has 0 amide bonds. The molecular weight excluding hydrogens is 224 g/mol. The quantitative estimate of drug-likeness (QED) is 0.696. The van der Waals surface area contributed by atoms with Crippen molar-refractivity contribution in [2.45, 2.75) is 57.0 Å². The van der Waals surface area contributed by atoms with Gasteiger partial charge in [0.05, 0.1) is 5.60 Å². The predicted octanol–water partition coefficient (Wildman–Crippen LogP) is 3.39. The number of hydrogen-bond acceptors (Lipinski definition) is 2. The Balaban J connectivity index is 1.98. The maximum Gasteiger partial charge on any atom is 0.167 e. The Labute approximate surface area is 108 Å². The third-order valence-electron chi connectivity index (χ3n) is 5.15.